The third-order valence-corrected chi connectivity index (χ3v) is 3.34. The number of benzene rings is 1. The Balaban J connectivity index is 2.18. The molecule has 1 N–H and O–H groups in total. The van der Waals surface area contributed by atoms with Crippen molar-refractivity contribution >= 4 is 15.9 Å². The Bertz CT molecular complexity index is 545. The molecule has 0 radical (unpaired) electrons. The molecule has 1 heterocycles. The second-order valence-corrected chi connectivity index (χ2v) is 4.89. The number of halogens is 2. The van der Waals surface area contributed by atoms with Crippen molar-refractivity contribution in [1.29, 1.82) is 0 Å². The summed E-state index contributed by atoms with van der Waals surface area (Å²) in [5, 5.41) is 10.0. The molecule has 0 spiro atoms. The highest BCUT2D eigenvalue weighted by atomic mass is 79.9. The number of aliphatic hydroxyl groups is 1. The molecule has 1 atom stereocenters. The van der Waals surface area contributed by atoms with Gasteiger partial charge in [0.2, 0.25) is 0 Å². The number of aryl methyl sites for hydroxylation is 1. The molecular formula is C13H12BrFN2O. The van der Waals surface area contributed by atoms with E-state index in [-0.39, 0.29) is 12.2 Å². The normalized spacial score (nSPS) is 12.4. The quantitative estimate of drug-likeness (QED) is 0.948. The first kappa shape index (κ1) is 13.1. The first-order valence-corrected chi connectivity index (χ1v) is 6.26. The second-order valence-electron chi connectivity index (χ2n) is 4.04. The molecule has 1 aromatic carbocycles. The monoisotopic (exact) mass is 310 g/mol. The van der Waals surface area contributed by atoms with E-state index in [1.165, 1.54) is 18.3 Å². The Kier molecular flexibility index (Phi) is 4.04. The van der Waals surface area contributed by atoms with Gasteiger partial charge < -0.3 is 5.11 Å². The Morgan fingerprint density at radius 1 is 1.33 bits per heavy atom. The largest absolute Gasteiger partial charge is 0.386 e. The number of rotatable bonds is 3. The Labute approximate surface area is 113 Å². The molecule has 94 valence electrons. The van der Waals surface area contributed by atoms with Gasteiger partial charge in [-0.25, -0.2) is 4.39 Å². The summed E-state index contributed by atoms with van der Waals surface area (Å²) in [5.74, 6) is -0.324. The SMILES string of the molecule is Cc1cnc(C(O)Cc2cc(F)ccc2Br)cn1. The fourth-order valence-corrected chi connectivity index (χ4v) is 2.00. The molecule has 0 aliphatic heterocycles. The van der Waals surface area contributed by atoms with Crippen LogP contribution in [-0.4, -0.2) is 15.1 Å². The van der Waals surface area contributed by atoms with Gasteiger partial charge in [0.15, 0.2) is 0 Å². The van der Waals surface area contributed by atoms with Gasteiger partial charge in [0.05, 0.1) is 17.6 Å². The minimum absolute atomic E-state index is 0.288. The van der Waals surface area contributed by atoms with Crippen molar-refractivity contribution in [3.05, 3.63) is 57.8 Å². The average Bonchev–Trinajstić information content (AvgIpc) is 2.34. The molecule has 3 nitrogen and oxygen atoms in total. The van der Waals surface area contributed by atoms with Gasteiger partial charge in [-0.3, -0.25) is 9.97 Å². The van der Waals surface area contributed by atoms with Crippen LogP contribution in [0.4, 0.5) is 4.39 Å². The first-order valence-electron chi connectivity index (χ1n) is 5.47. The fourth-order valence-electron chi connectivity index (χ4n) is 1.59. The zero-order chi connectivity index (χ0) is 13.1. The summed E-state index contributed by atoms with van der Waals surface area (Å²) in [5.41, 5.74) is 1.97. The van der Waals surface area contributed by atoms with E-state index in [2.05, 4.69) is 25.9 Å². The first-order chi connectivity index (χ1) is 8.56. The van der Waals surface area contributed by atoms with Crippen LogP contribution in [0.25, 0.3) is 0 Å². The van der Waals surface area contributed by atoms with Crippen molar-refractivity contribution in [2.75, 3.05) is 0 Å². The lowest BCUT2D eigenvalue weighted by Crippen LogP contribution is -2.06. The van der Waals surface area contributed by atoms with Crippen molar-refractivity contribution in [3.63, 3.8) is 0 Å². The number of nitrogens with zero attached hydrogens (tertiary/aromatic N) is 2. The van der Waals surface area contributed by atoms with Gasteiger partial charge in [0.1, 0.15) is 11.9 Å². The molecule has 1 aromatic heterocycles. The van der Waals surface area contributed by atoms with E-state index < -0.39 is 6.10 Å². The van der Waals surface area contributed by atoms with Crippen molar-refractivity contribution in [1.82, 2.24) is 9.97 Å². The molecule has 18 heavy (non-hydrogen) atoms. The third kappa shape index (κ3) is 3.11. The van der Waals surface area contributed by atoms with Crippen LogP contribution in [0, 0.1) is 12.7 Å². The molecule has 2 rings (SSSR count). The number of aromatic nitrogens is 2. The molecule has 0 aliphatic carbocycles. The Hall–Kier alpha value is -1.33. The lowest BCUT2D eigenvalue weighted by atomic mass is 10.1. The molecular weight excluding hydrogens is 299 g/mol. The summed E-state index contributed by atoms with van der Waals surface area (Å²) in [6.07, 6.45) is 2.62. The van der Waals surface area contributed by atoms with Crippen LogP contribution in [0.3, 0.4) is 0 Å². The smallest absolute Gasteiger partial charge is 0.123 e. The Morgan fingerprint density at radius 2 is 2.11 bits per heavy atom. The molecule has 5 heteroatoms. The topological polar surface area (TPSA) is 46.0 Å². The molecule has 0 saturated carbocycles. The van der Waals surface area contributed by atoms with E-state index in [0.717, 1.165) is 10.2 Å². The van der Waals surface area contributed by atoms with E-state index in [1.807, 2.05) is 6.92 Å². The molecule has 0 fully saturated rings. The van der Waals surface area contributed by atoms with E-state index in [4.69, 9.17) is 0 Å². The highest BCUT2D eigenvalue weighted by Crippen LogP contribution is 2.23. The van der Waals surface area contributed by atoms with Gasteiger partial charge in [0.25, 0.3) is 0 Å². The van der Waals surface area contributed by atoms with Gasteiger partial charge in [-0.2, -0.15) is 0 Å². The predicted octanol–water partition coefficient (Wildman–Crippen LogP) is 2.96. The van der Waals surface area contributed by atoms with Crippen LogP contribution in [0.15, 0.2) is 35.1 Å². The second kappa shape index (κ2) is 5.54. The molecule has 2 aromatic rings. The van der Waals surface area contributed by atoms with Gasteiger partial charge in [-0.15, -0.1) is 0 Å². The average molecular weight is 311 g/mol. The van der Waals surface area contributed by atoms with Crippen LogP contribution in [0.2, 0.25) is 0 Å². The van der Waals surface area contributed by atoms with Crippen molar-refractivity contribution in [3.8, 4) is 0 Å². The van der Waals surface area contributed by atoms with Gasteiger partial charge in [0, 0.05) is 17.1 Å². The molecule has 0 bridgehead atoms. The van der Waals surface area contributed by atoms with Gasteiger partial charge in [-0.1, -0.05) is 15.9 Å². The predicted molar refractivity (Wildman–Crippen MR) is 69.5 cm³/mol. The van der Waals surface area contributed by atoms with Gasteiger partial charge in [-0.05, 0) is 30.7 Å². The van der Waals surface area contributed by atoms with E-state index in [0.29, 0.717) is 11.3 Å². The lowest BCUT2D eigenvalue weighted by molar-refractivity contribution is 0.173. The van der Waals surface area contributed by atoms with E-state index in [9.17, 15) is 9.50 Å². The number of hydrogen-bond acceptors (Lipinski definition) is 3. The zero-order valence-electron chi connectivity index (χ0n) is 9.77. The van der Waals surface area contributed by atoms with Crippen LogP contribution >= 0.6 is 15.9 Å². The lowest BCUT2D eigenvalue weighted by Gasteiger charge is -2.11. The maximum Gasteiger partial charge on any atom is 0.123 e. The molecule has 0 saturated heterocycles. The third-order valence-electron chi connectivity index (χ3n) is 2.56. The Morgan fingerprint density at radius 3 is 2.78 bits per heavy atom. The van der Waals surface area contributed by atoms with Crippen molar-refractivity contribution < 1.29 is 9.50 Å². The molecule has 0 aliphatic rings. The fraction of sp³-hybridized carbons (Fsp3) is 0.231. The van der Waals surface area contributed by atoms with Gasteiger partial charge >= 0.3 is 0 Å². The summed E-state index contributed by atoms with van der Waals surface area (Å²) in [6, 6.07) is 4.39. The van der Waals surface area contributed by atoms with Crippen molar-refractivity contribution in [2.45, 2.75) is 19.4 Å². The van der Waals surface area contributed by atoms with Crippen LogP contribution in [0.1, 0.15) is 23.1 Å². The maximum absolute atomic E-state index is 13.1. The summed E-state index contributed by atoms with van der Waals surface area (Å²) in [4.78, 5) is 8.18. The zero-order valence-corrected chi connectivity index (χ0v) is 11.4. The minimum Gasteiger partial charge on any atom is -0.386 e. The van der Waals surface area contributed by atoms with E-state index >= 15 is 0 Å². The van der Waals surface area contributed by atoms with Crippen LogP contribution < -0.4 is 0 Å². The minimum atomic E-state index is -0.795. The number of hydrogen-bond donors (Lipinski definition) is 1. The summed E-state index contributed by atoms with van der Waals surface area (Å²) < 4.78 is 13.9. The summed E-state index contributed by atoms with van der Waals surface area (Å²) >= 11 is 3.33. The number of aliphatic hydroxyl groups excluding tert-OH is 1. The standard InChI is InChI=1S/C13H12BrFN2O/c1-8-6-17-12(7-16-8)13(18)5-9-4-10(15)2-3-11(9)14/h2-4,6-7,13,18H,5H2,1H3. The van der Waals surface area contributed by atoms with Crippen LogP contribution in [-0.2, 0) is 6.42 Å². The maximum atomic E-state index is 13.1. The molecule has 0 amide bonds. The molecule has 1 unspecified atom stereocenters. The highest BCUT2D eigenvalue weighted by molar-refractivity contribution is 9.10. The summed E-state index contributed by atoms with van der Waals surface area (Å²) in [6.45, 7) is 1.83. The van der Waals surface area contributed by atoms with E-state index in [1.54, 1.807) is 12.3 Å². The summed E-state index contributed by atoms with van der Waals surface area (Å²) in [7, 11) is 0. The van der Waals surface area contributed by atoms with Crippen molar-refractivity contribution in [2.24, 2.45) is 0 Å². The highest BCUT2D eigenvalue weighted by Gasteiger charge is 2.13. The van der Waals surface area contributed by atoms with Crippen LogP contribution in [0.5, 0.6) is 0 Å².